The Morgan fingerprint density at radius 3 is 2.60 bits per heavy atom. The molecule has 1 unspecified atom stereocenters. The van der Waals surface area contributed by atoms with E-state index in [0.29, 0.717) is 17.8 Å². The number of halogens is 1. The molecule has 0 aromatic heterocycles. The largest absolute Gasteiger partial charge is 1.00 e. The predicted molar refractivity (Wildman–Crippen MR) is 103 cm³/mol. The Bertz CT molecular complexity index is 599. The van der Waals surface area contributed by atoms with Gasteiger partial charge in [-0.3, -0.25) is 9.79 Å². The van der Waals surface area contributed by atoms with Gasteiger partial charge in [0.15, 0.2) is 5.17 Å². The number of thioether (sulfide) groups is 1. The zero-order valence-corrected chi connectivity index (χ0v) is 16.6. The minimum absolute atomic E-state index is 0. The number of aryl methyl sites for hydroxylation is 1. The summed E-state index contributed by atoms with van der Waals surface area (Å²) in [5.41, 5.74) is 2.05. The molecule has 1 aliphatic carbocycles. The number of carbonyl (C=O) groups is 1. The minimum atomic E-state index is 0. The fourth-order valence-electron chi connectivity index (χ4n) is 3.30. The molecule has 1 aliphatic heterocycles. The van der Waals surface area contributed by atoms with E-state index in [9.17, 15) is 4.79 Å². The summed E-state index contributed by atoms with van der Waals surface area (Å²) in [6, 6.07) is 8.38. The molecule has 25 heavy (non-hydrogen) atoms. The lowest BCUT2D eigenvalue weighted by Crippen LogP contribution is -3.00. The summed E-state index contributed by atoms with van der Waals surface area (Å²) in [7, 11) is 0. The molecular weight excluding hydrogens is 354 g/mol. The molecule has 0 bridgehead atoms. The number of hydrogen-bond acceptors (Lipinski definition) is 3. The van der Waals surface area contributed by atoms with Crippen LogP contribution in [0.5, 0.6) is 0 Å². The van der Waals surface area contributed by atoms with Gasteiger partial charge in [-0.15, -0.1) is 0 Å². The van der Waals surface area contributed by atoms with Gasteiger partial charge >= 0.3 is 0 Å². The fraction of sp³-hybridized carbons (Fsp3) is 0.579. The third-order valence-corrected chi connectivity index (χ3v) is 5.72. The minimum Gasteiger partial charge on any atom is -1.00 e. The highest BCUT2D eigenvalue weighted by Gasteiger charge is 2.28. The Morgan fingerprint density at radius 2 is 1.92 bits per heavy atom. The summed E-state index contributed by atoms with van der Waals surface area (Å²) in [4.78, 5) is 19.5. The second-order valence-corrected chi connectivity index (χ2v) is 8.33. The normalized spacial score (nSPS) is 22.7. The van der Waals surface area contributed by atoms with E-state index in [4.69, 9.17) is 4.99 Å². The van der Waals surface area contributed by atoms with Gasteiger partial charge in [0.05, 0.1) is 12.6 Å². The van der Waals surface area contributed by atoms with Gasteiger partial charge in [-0.2, -0.15) is 0 Å². The van der Waals surface area contributed by atoms with Crippen molar-refractivity contribution in [3.63, 3.8) is 0 Å². The van der Waals surface area contributed by atoms with Crippen LogP contribution in [0.2, 0.25) is 0 Å². The topological polar surface area (TPSA) is 44.7 Å². The number of benzene rings is 1. The lowest BCUT2D eigenvalue weighted by molar-refractivity contribution is -0.116. The van der Waals surface area contributed by atoms with Crippen LogP contribution in [-0.2, 0) is 4.79 Å². The number of aliphatic imine (C=N–C) groups is 1. The van der Waals surface area contributed by atoms with Crippen LogP contribution in [0.15, 0.2) is 29.3 Å². The van der Waals surface area contributed by atoms with Gasteiger partial charge in [0.25, 0.3) is 0 Å². The van der Waals surface area contributed by atoms with Gasteiger partial charge in [-0.1, -0.05) is 55.6 Å². The van der Waals surface area contributed by atoms with Crippen molar-refractivity contribution >= 4 is 28.5 Å². The summed E-state index contributed by atoms with van der Waals surface area (Å²) in [5, 5.41) is 4.55. The van der Waals surface area contributed by atoms with Crippen LogP contribution < -0.4 is 17.7 Å². The summed E-state index contributed by atoms with van der Waals surface area (Å²) >= 11 is 1.81. The molecule has 1 aromatic carbocycles. The van der Waals surface area contributed by atoms with Crippen LogP contribution in [0.1, 0.15) is 44.6 Å². The van der Waals surface area contributed by atoms with Crippen LogP contribution in [-0.4, -0.2) is 40.4 Å². The van der Waals surface area contributed by atoms with E-state index in [1.54, 1.807) is 0 Å². The van der Waals surface area contributed by atoms with E-state index in [2.05, 4.69) is 17.1 Å². The first kappa shape index (κ1) is 20.1. The number of nitrogens with zero attached hydrogens (tertiary/aromatic N) is 2. The summed E-state index contributed by atoms with van der Waals surface area (Å²) < 4.78 is 0. The van der Waals surface area contributed by atoms with Crippen molar-refractivity contribution < 1.29 is 17.2 Å². The molecule has 4 nitrogen and oxygen atoms in total. The molecule has 0 radical (unpaired) electrons. The first-order valence-electron chi connectivity index (χ1n) is 8.96. The molecule has 1 saturated carbocycles. The number of amides is 1. The van der Waals surface area contributed by atoms with Crippen molar-refractivity contribution in [1.82, 2.24) is 4.90 Å². The second-order valence-electron chi connectivity index (χ2n) is 6.93. The second kappa shape index (κ2) is 9.48. The van der Waals surface area contributed by atoms with Crippen molar-refractivity contribution in [1.29, 1.82) is 0 Å². The fourth-order valence-corrected chi connectivity index (χ4v) is 4.41. The number of rotatable bonds is 4. The van der Waals surface area contributed by atoms with Crippen LogP contribution in [0, 0.1) is 6.92 Å². The van der Waals surface area contributed by atoms with E-state index in [-0.39, 0.29) is 18.3 Å². The summed E-state index contributed by atoms with van der Waals surface area (Å²) in [6.45, 7) is 5.54. The smallest absolute Gasteiger partial charge is 0.243 e. The van der Waals surface area contributed by atoms with Crippen molar-refractivity contribution in [3.8, 4) is 0 Å². The first-order valence-corrected chi connectivity index (χ1v) is 9.84. The maximum Gasteiger partial charge on any atom is 0.243 e. The Morgan fingerprint density at radius 1 is 1.24 bits per heavy atom. The molecule has 1 saturated heterocycles. The molecule has 3 rings (SSSR count). The SMILES string of the molecule is Cc1ccc(NC(=O)CN2CC(C)SC2=NC2CCCCC2)cc1.[Cl-]. The van der Waals surface area contributed by atoms with Crippen molar-refractivity contribution in [2.75, 3.05) is 18.4 Å². The third kappa shape index (κ3) is 5.93. The van der Waals surface area contributed by atoms with Crippen LogP contribution in [0.25, 0.3) is 0 Å². The molecule has 138 valence electrons. The number of carbonyl (C=O) groups excluding carboxylic acids is 1. The van der Waals surface area contributed by atoms with Gasteiger partial charge in [-0.05, 0) is 31.9 Å². The number of hydrogen-bond donors (Lipinski definition) is 1. The Labute approximate surface area is 161 Å². The van der Waals surface area contributed by atoms with Gasteiger partial charge in [0.1, 0.15) is 0 Å². The maximum absolute atomic E-state index is 12.4. The quantitative estimate of drug-likeness (QED) is 0.849. The molecule has 2 fully saturated rings. The van der Waals surface area contributed by atoms with Gasteiger partial charge in [0.2, 0.25) is 5.91 Å². The molecule has 6 heteroatoms. The molecule has 1 atom stereocenters. The first-order chi connectivity index (χ1) is 11.6. The van der Waals surface area contributed by atoms with Crippen LogP contribution >= 0.6 is 11.8 Å². The van der Waals surface area contributed by atoms with Crippen molar-refractivity contribution in [2.24, 2.45) is 4.99 Å². The van der Waals surface area contributed by atoms with Crippen LogP contribution in [0.4, 0.5) is 5.69 Å². The molecule has 1 amide bonds. The average molecular weight is 381 g/mol. The van der Waals surface area contributed by atoms with Gasteiger partial charge in [0, 0.05) is 17.5 Å². The van der Waals surface area contributed by atoms with Gasteiger partial charge in [-0.25, -0.2) is 0 Å². The molecule has 2 aliphatic rings. The highest BCUT2D eigenvalue weighted by Crippen LogP contribution is 2.28. The zero-order valence-electron chi connectivity index (χ0n) is 15.0. The van der Waals surface area contributed by atoms with E-state index in [1.165, 1.54) is 37.7 Å². The molecule has 0 spiro atoms. The maximum atomic E-state index is 12.4. The van der Waals surface area contributed by atoms with E-state index >= 15 is 0 Å². The number of amidine groups is 1. The average Bonchev–Trinajstić information content (AvgIpc) is 2.89. The molecule has 1 heterocycles. The number of anilines is 1. The van der Waals surface area contributed by atoms with Crippen LogP contribution in [0.3, 0.4) is 0 Å². The Kier molecular flexibility index (Phi) is 7.63. The molecule has 1 N–H and O–H groups in total. The Hall–Kier alpha value is -1.20. The Balaban J connectivity index is 0.00000225. The number of nitrogens with one attached hydrogen (secondary N) is 1. The third-order valence-electron chi connectivity index (χ3n) is 4.59. The van der Waals surface area contributed by atoms with E-state index in [1.807, 2.05) is 43.0 Å². The van der Waals surface area contributed by atoms with Gasteiger partial charge < -0.3 is 22.6 Å². The monoisotopic (exact) mass is 380 g/mol. The summed E-state index contributed by atoms with van der Waals surface area (Å²) in [6.07, 6.45) is 6.31. The lowest BCUT2D eigenvalue weighted by atomic mass is 9.96. The lowest BCUT2D eigenvalue weighted by Gasteiger charge is -2.22. The standard InChI is InChI=1S/C19H27N3OS.ClH/c1-14-8-10-17(11-9-14)20-18(23)13-22-12-15(2)24-19(22)21-16-6-4-3-5-7-16;/h8-11,15-16H,3-7,12-13H2,1-2H3,(H,20,23);1H/p-1. The van der Waals surface area contributed by atoms with Crippen molar-refractivity contribution in [2.45, 2.75) is 57.2 Å². The molecule has 1 aromatic rings. The summed E-state index contributed by atoms with van der Waals surface area (Å²) in [5.74, 6) is 0.0323. The molecular formula is C19H27ClN3OS-. The van der Waals surface area contributed by atoms with Crippen molar-refractivity contribution in [3.05, 3.63) is 29.8 Å². The zero-order chi connectivity index (χ0) is 16.9. The predicted octanol–water partition coefficient (Wildman–Crippen LogP) is 1.06. The van der Waals surface area contributed by atoms with E-state index in [0.717, 1.165) is 17.4 Å². The van der Waals surface area contributed by atoms with E-state index < -0.39 is 0 Å². The highest BCUT2D eigenvalue weighted by atomic mass is 35.5. The highest BCUT2D eigenvalue weighted by molar-refractivity contribution is 8.14.